The molecule has 0 bridgehead atoms. The smallest absolute Gasteiger partial charge is 0.256 e. The summed E-state index contributed by atoms with van der Waals surface area (Å²) in [5.41, 5.74) is 2.35. The molecule has 0 saturated heterocycles. The van der Waals surface area contributed by atoms with Gasteiger partial charge in [-0.05, 0) is 26.0 Å². The second kappa shape index (κ2) is 7.90. The van der Waals surface area contributed by atoms with Crippen LogP contribution in [0.4, 0.5) is 4.39 Å². The SMILES string of the molecule is Cc1cc(C)n2c(SC[C@@H](O)COCc3ccccc3F)nnc2n1. The van der Waals surface area contributed by atoms with Crippen molar-refractivity contribution in [2.75, 3.05) is 12.4 Å². The van der Waals surface area contributed by atoms with Crippen LogP contribution in [0, 0.1) is 19.7 Å². The summed E-state index contributed by atoms with van der Waals surface area (Å²) in [6, 6.07) is 8.39. The molecule has 0 aliphatic carbocycles. The number of hydrogen-bond acceptors (Lipinski definition) is 6. The highest BCUT2D eigenvalue weighted by Crippen LogP contribution is 2.19. The summed E-state index contributed by atoms with van der Waals surface area (Å²) in [5.74, 6) is 0.635. The van der Waals surface area contributed by atoms with Crippen LogP contribution in [0.15, 0.2) is 35.5 Å². The molecule has 3 aromatic rings. The monoisotopic (exact) mass is 362 g/mol. The van der Waals surface area contributed by atoms with Crippen LogP contribution in [0.25, 0.3) is 5.78 Å². The molecule has 2 aromatic heterocycles. The highest BCUT2D eigenvalue weighted by molar-refractivity contribution is 7.99. The molecule has 0 aliphatic heterocycles. The van der Waals surface area contributed by atoms with Crippen molar-refractivity contribution < 1.29 is 14.2 Å². The van der Waals surface area contributed by atoms with Crippen molar-refractivity contribution >= 4 is 17.5 Å². The number of benzene rings is 1. The van der Waals surface area contributed by atoms with Crippen molar-refractivity contribution in [3.05, 3.63) is 53.1 Å². The highest BCUT2D eigenvalue weighted by atomic mass is 32.2. The lowest BCUT2D eigenvalue weighted by Crippen LogP contribution is -2.18. The average Bonchev–Trinajstić information content (AvgIpc) is 2.98. The van der Waals surface area contributed by atoms with Gasteiger partial charge in [-0.25, -0.2) is 9.37 Å². The third-order valence-corrected chi connectivity index (χ3v) is 4.67. The minimum absolute atomic E-state index is 0.119. The third kappa shape index (κ3) is 4.33. The van der Waals surface area contributed by atoms with E-state index in [1.54, 1.807) is 18.2 Å². The van der Waals surface area contributed by atoms with E-state index in [9.17, 15) is 9.50 Å². The zero-order valence-electron chi connectivity index (χ0n) is 14.0. The molecule has 132 valence electrons. The van der Waals surface area contributed by atoms with Gasteiger partial charge in [0.05, 0.1) is 19.3 Å². The van der Waals surface area contributed by atoms with Gasteiger partial charge in [0, 0.05) is 22.7 Å². The van der Waals surface area contributed by atoms with Crippen LogP contribution in [0.2, 0.25) is 0 Å². The number of fused-ring (bicyclic) bond motifs is 1. The lowest BCUT2D eigenvalue weighted by molar-refractivity contribution is 0.0386. The second-order valence-corrected chi connectivity index (χ2v) is 6.72. The summed E-state index contributed by atoms with van der Waals surface area (Å²) < 4.78 is 20.7. The first-order valence-corrected chi connectivity index (χ1v) is 8.84. The van der Waals surface area contributed by atoms with Gasteiger partial charge in [-0.2, -0.15) is 0 Å². The maximum absolute atomic E-state index is 13.5. The number of hydrogen-bond donors (Lipinski definition) is 1. The topological polar surface area (TPSA) is 72.5 Å². The zero-order valence-corrected chi connectivity index (χ0v) is 14.8. The summed E-state index contributed by atoms with van der Waals surface area (Å²) >= 11 is 1.38. The lowest BCUT2D eigenvalue weighted by atomic mass is 10.2. The van der Waals surface area contributed by atoms with Gasteiger partial charge in [-0.15, -0.1) is 10.2 Å². The number of aromatic nitrogens is 4. The maximum atomic E-state index is 13.5. The van der Waals surface area contributed by atoms with Crippen molar-refractivity contribution in [3.8, 4) is 0 Å². The van der Waals surface area contributed by atoms with Gasteiger partial charge >= 0.3 is 0 Å². The van der Waals surface area contributed by atoms with E-state index in [0.29, 0.717) is 22.3 Å². The van der Waals surface area contributed by atoms with Gasteiger partial charge in [-0.1, -0.05) is 30.0 Å². The summed E-state index contributed by atoms with van der Waals surface area (Å²) in [6.45, 7) is 4.12. The molecular weight excluding hydrogens is 343 g/mol. The highest BCUT2D eigenvalue weighted by Gasteiger charge is 2.13. The van der Waals surface area contributed by atoms with Crippen molar-refractivity contribution in [3.63, 3.8) is 0 Å². The minimum atomic E-state index is -0.692. The molecule has 0 spiro atoms. The second-order valence-electron chi connectivity index (χ2n) is 5.73. The molecule has 0 amide bonds. The molecule has 25 heavy (non-hydrogen) atoms. The molecule has 6 nitrogen and oxygen atoms in total. The van der Waals surface area contributed by atoms with E-state index < -0.39 is 6.10 Å². The van der Waals surface area contributed by atoms with E-state index in [2.05, 4.69) is 15.2 Å². The molecule has 1 atom stereocenters. The van der Waals surface area contributed by atoms with Crippen molar-refractivity contribution in [1.29, 1.82) is 0 Å². The number of aliphatic hydroxyl groups excluding tert-OH is 1. The first-order valence-electron chi connectivity index (χ1n) is 7.86. The first kappa shape index (κ1) is 17.8. The largest absolute Gasteiger partial charge is 0.390 e. The number of nitrogens with zero attached hydrogens (tertiary/aromatic N) is 4. The van der Waals surface area contributed by atoms with Gasteiger partial charge in [-0.3, -0.25) is 4.40 Å². The fourth-order valence-corrected chi connectivity index (χ4v) is 3.32. The van der Waals surface area contributed by atoms with E-state index in [0.717, 1.165) is 11.4 Å². The van der Waals surface area contributed by atoms with Gasteiger partial charge < -0.3 is 9.84 Å². The molecular formula is C17H19FN4O2S. The number of thioether (sulfide) groups is 1. The Kier molecular flexibility index (Phi) is 5.62. The van der Waals surface area contributed by atoms with Crippen LogP contribution in [0.1, 0.15) is 17.0 Å². The van der Waals surface area contributed by atoms with E-state index in [1.807, 2.05) is 24.3 Å². The summed E-state index contributed by atoms with van der Waals surface area (Å²) in [5, 5.41) is 18.9. The van der Waals surface area contributed by atoms with Gasteiger partial charge in [0.25, 0.3) is 5.78 Å². The molecule has 0 fully saturated rings. The van der Waals surface area contributed by atoms with Gasteiger partial charge in [0.15, 0.2) is 5.16 Å². The molecule has 8 heteroatoms. The molecule has 0 saturated carbocycles. The molecule has 3 rings (SSSR count). The number of halogens is 1. The van der Waals surface area contributed by atoms with E-state index in [4.69, 9.17) is 4.74 Å². The standard InChI is InChI=1S/C17H19FN4O2S/c1-11-7-12(2)22-16(19-11)20-21-17(22)25-10-14(23)9-24-8-13-5-3-4-6-15(13)18/h3-7,14,23H,8-10H2,1-2H3/t14-/m0/s1. The number of ether oxygens (including phenoxy) is 1. The van der Waals surface area contributed by atoms with Crippen molar-refractivity contribution in [2.24, 2.45) is 0 Å². The molecule has 2 heterocycles. The molecule has 0 aliphatic rings. The Morgan fingerprint density at radius 1 is 1.28 bits per heavy atom. The summed E-state index contributed by atoms with van der Waals surface area (Å²) in [7, 11) is 0. The van der Waals surface area contributed by atoms with Crippen LogP contribution in [-0.4, -0.2) is 43.2 Å². The Balaban J connectivity index is 1.53. The Labute approximate surface area is 149 Å². The lowest BCUT2D eigenvalue weighted by Gasteiger charge is -2.11. The van der Waals surface area contributed by atoms with Crippen LogP contribution < -0.4 is 0 Å². The Morgan fingerprint density at radius 3 is 2.88 bits per heavy atom. The fraction of sp³-hybridized carbons (Fsp3) is 0.353. The Morgan fingerprint density at radius 2 is 2.08 bits per heavy atom. The number of rotatable bonds is 7. The average molecular weight is 362 g/mol. The van der Waals surface area contributed by atoms with Crippen LogP contribution in [0.5, 0.6) is 0 Å². The van der Waals surface area contributed by atoms with Gasteiger partial charge in [0.1, 0.15) is 5.82 Å². The molecule has 1 aromatic carbocycles. The number of aryl methyl sites for hydroxylation is 2. The summed E-state index contributed by atoms with van der Waals surface area (Å²) in [6.07, 6.45) is -0.692. The molecule has 0 unspecified atom stereocenters. The van der Waals surface area contributed by atoms with Crippen LogP contribution in [-0.2, 0) is 11.3 Å². The number of aliphatic hydroxyl groups is 1. The van der Waals surface area contributed by atoms with Crippen LogP contribution >= 0.6 is 11.8 Å². The predicted octanol–water partition coefficient (Wildman–Crippen LogP) is 2.55. The quantitative estimate of drug-likeness (QED) is 0.651. The van der Waals surface area contributed by atoms with E-state index in [-0.39, 0.29) is 19.0 Å². The maximum Gasteiger partial charge on any atom is 0.256 e. The Bertz CT molecular complexity index is 871. The third-order valence-electron chi connectivity index (χ3n) is 3.59. The molecule has 0 radical (unpaired) electrons. The first-order chi connectivity index (χ1) is 12.0. The fourth-order valence-electron chi connectivity index (χ4n) is 2.43. The summed E-state index contributed by atoms with van der Waals surface area (Å²) in [4.78, 5) is 4.33. The normalized spacial score (nSPS) is 12.6. The molecule has 1 N–H and O–H groups in total. The predicted molar refractivity (Wildman–Crippen MR) is 93.0 cm³/mol. The van der Waals surface area contributed by atoms with Gasteiger partial charge in [0.2, 0.25) is 0 Å². The Hall–Kier alpha value is -2.03. The van der Waals surface area contributed by atoms with E-state index in [1.165, 1.54) is 17.8 Å². The minimum Gasteiger partial charge on any atom is -0.390 e. The van der Waals surface area contributed by atoms with E-state index >= 15 is 0 Å². The zero-order chi connectivity index (χ0) is 17.8. The van der Waals surface area contributed by atoms with Crippen molar-refractivity contribution in [1.82, 2.24) is 19.6 Å². The van der Waals surface area contributed by atoms with Crippen molar-refractivity contribution in [2.45, 2.75) is 31.7 Å². The van der Waals surface area contributed by atoms with Crippen LogP contribution in [0.3, 0.4) is 0 Å².